The molecule has 7 nitrogen and oxygen atoms in total. The van der Waals surface area contributed by atoms with Gasteiger partial charge in [-0.2, -0.15) is 0 Å². The van der Waals surface area contributed by atoms with Gasteiger partial charge in [-0.25, -0.2) is 0 Å². The Morgan fingerprint density at radius 3 is 2.70 bits per heavy atom. The lowest BCUT2D eigenvalue weighted by Gasteiger charge is -2.34. The van der Waals surface area contributed by atoms with E-state index in [1.165, 1.54) is 0 Å². The quantitative estimate of drug-likeness (QED) is 0.293. The maximum Gasteiger partial charge on any atom is 0.234 e. The number of hydrogen-bond acceptors (Lipinski definition) is 5. The summed E-state index contributed by atoms with van der Waals surface area (Å²) >= 11 is 0. The van der Waals surface area contributed by atoms with E-state index in [4.69, 9.17) is 20.4 Å². The zero-order valence-electron chi connectivity index (χ0n) is 11.8. The molecule has 4 N–H and O–H groups in total. The van der Waals surface area contributed by atoms with Crippen LogP contribution < -0.4 is 11.1 Å². The fourth-order valence-corrected chi connectivity index (χ4v) is 2.85. The zero-order valence-corrected chi connectivity index (χ0v) is 11.8. The van der Waals surface area contributed by atoms with Crippen LogP contribution in [0.4, 0.5) is 0 Å². The second-order valence-corrected chi connectivity index (χ2v) is 5.51. The Kier molecular flexibility index (Phi) is 4.82. The molecule has 0 saturated carbocycles. The minimum atomic E-state index is -0.949. The van der Waals surface area contributed by atoms with Crippen LogP contribution in [0.15, 0.2) is 5.16 Å². The van der Waals surface area contributed by atoms with E-state index < -0.39 is 5.41 Å². The van der Waals surface area contributed by atoms with Crippen molar-refractivity contribution < 1.29 is 19.5 Å². The first-order valence-corrected chi connectivity index (χ1v) is 7.06. The Balaban J connectivity index is 2.00. The molecule has 0 aromatic heterocycles. The molecule has 0 aromatic carbocycles. The second kappa shape index (κ2) is 6.41. The van der Waals surface area contributed by atoms with Gasteiger partial charge in [-0.1, -0.05) is 5.16 Å². The van der Waals surface area contributed by atoms with Crippen molar-refractivity contribution in [2.45, 2.75) is 32.3 Å². The van der Waals surface area contributed by atoms with Gasteiger partial charge in [-0.05, 0) is 26.2 Å². The third-order valence-corrected chi connectivity index (χ3v) is 4.44. The van der Waals surface area contributed by atoms with E-state index in [1.807, 2.05) is 6.92 Å². The van der Waals surface area contributed by atoms with Gasteiger partial charge >= 0.3 is 0 Å². The van der Waals surface area contributed by atoms with Crippen LogP contribution in [-0.2, 0) is 14.3 Å². The maximum absolute atomic E-state index is 12.5. The molecular formula is C13H23N3O4. The molecule has 114 valence electrons. The second-order valence-electron chi connectivity index (χ2n) is 5.51. The standard InChI is InChI=1S/C13H23N3O4/c1-9-10(2-5-20-9)8-15-12(17)13(11(14)16-18)3-6-19-7-4-13/h9-10,18H,2-8H2,1H3,(H2,14,16)(H,15,17). The number of carbonyl (C=O) groups excluding carboxylic acids is 1. The Bertz CT molecular complexity index is 380. The Labute approximate surface area is 118 Å². The predicted molar refractivity (Wildman–Crippen MR) is 72.4 cm³/mol. The van der Waals surface area contributed by atoms with E-state index in [-0.39, 0.29) is 17.8 Å². The molecule has 2 fully saturated rings. The summed E-state index contributed by atoms with van der Waals surface area (Å²) < 4.78 is 10.7. The van der Waals surface area contributed by atoms with Crippen molar-refractivity contribution in [2.24, 2.45) is 22.2 Å². The summed E-state index contributed by atoms with van der Waals surface area (Å²) in [5.41, 5.74) is 4.80. The fraction of sp³-hybridized carbons (Fsp3) is 0.846. The van der Waals surface area contributed by atoms with Gasteiger partial charge in [0.2, 0.25) is 5.91 Å². The third-order valence-electron chi connectivity index (χ3n) is 4.44. The van der Waals surface area contributed by atoms with Crippen LogP contribution in [0.3, 0.4) is 0 Å². The number of rotatable bonds is 4. The molecule has 2 atom stereocenters. The number of amides is 1. The summed E-state index contributed by atoms with van der Waals surface area (Å²) in [6.07, 6.45) is 1.97. The highest BCUT2D eigenvalue weighted by atomic mass is 16.5. The van der Waals surface area contributed by atoms with Crippen LogP contribution in [0.5, 0.6) is 0 Å². The van der Waals surface area contributed by atoms with Gasteiger partial charge in [0, 0.05) is 32.3 Å². The zero-order chi connectivity index (χ0) is 14.6. The van der Waals surface area contributed by atoms with Gasteiger partial charge in [-0.15, -0.1) is 0 Å². The number of carbonyl (C=O) groups is 1. The number of hydrogen-bond donors (Lipinski definition) is 3. The highest BCUT2D eigenvalue weighted by molar-refractivity contribution is 6.06. The van der Waals surface area contributed by atoms with E-state index in [0.717, 1.165) is 13.0 Å². The molecule has 7 heteroatoms. The number of oxime groups is 1. The van der Waals surface area contributed by atoms with Crippen LogP contribution in [-0.4, -0.2) is 49.4 Å². The lowest BCUT2D eigenvalue weighted by Crippen LogP contribution is -2.53. The molecule has 0 aromatic rings. The fourth-order valence-electron chi connectivity index (χ4n) is 2.85. The first-order chi connectivity index (χ1) is 9.60. The highest BCUT2D eigenvalue weighted by Crippen LogP contribution is 2.31. The smallest absolute Gasteiger partial charge is 0.234 e. The van der Waals surface area contributed by atoms with E-state index in [9.17, 15) is 4.79 Å². The average molecular weight is 285 g/mol. The van der Waals surface area contributed by atoms with Crippen LogP contribution >= 0.6 is 0 Å². The molecule has 0 radical (unpaired) electrons. The summed E-state index contributed by atoms with van der Waals surface area (Å²) in [6, 6.07) is 0. The summed E-state index contributed by atoms with van der Waals surface area (Å²) in [5.74, 6) is 0.104. The van der Waals surface area contributed by atoms with Crippen LogP contribution in [0, 0.1) is 11.3 Å². The number of nitrogens with one attached hydrogen (secondary N) is 1. The predicted octanol–water partition coefficient (Wildman–Crippen LogP) is 0.0708. The first kappa shape index (κ1) is 15.1. The van der Waals surface area contributed by atoms with E-state index in [1.54, 1.807) is 0 Å². The number of ether oxygens (including phenoxy) is 2. The summed E-state index contributed by atoms with van der Waals surface area (Å²) in [7, 11) is 0. The number of nitrogens with two attached hydrogens (primary N) is 1. The van der Waals surface area contributed by atoms with Crippen molar-refractivity contribution in [3.63, 3.8) is 0 Å². The molecule has 20 heavy (non-hydrogen) atoms. The molecule has 2 rings (SSSR count). The normalized spacial score (nSPS) is 30.1. The molecule has 2 unspecified atom stereocenters. The van der Waals surface area contributed by atoms with Gasteiger partial charge in [0.05, 0.1) is 6.10 Å². The van der Waals surface area contributed by atoms with Gasteiger partial charge in [-0.3, -0.25) is 4.79 Å². The lowest BCUT2D eigenvalue weighted by atomic mass is 9.78. The van der Waals surface area contributed by atoms with E-state index in [2.05, 4.69) is 10.5 Å². The van der Waals surface area contributed by atoms with Crippen molar-refractivity contribution in [1.29, 1.82) is 0 Å². The molecule has 2 heterocycles. The Morgan fingerprint density at radius 2 is 2.15 bits per heavy atom. The maximum atomic E-state index is 12.5. The lowest BCUT2D eigenvalue weighted by molar-refractivity contribution is -0.131. The summed E-state index contributed by atoms with van der Waals surface area (Å²) in [4.78, 5) is 12.5. The average Bonchev–Trinajstić information content (AvgIpc) is 2.89. The largest absolute Gasteiger partial charge is 0.409 e. The van der Waals surface area contributed by atoms with Crippen LogP contribution in [0.2, 0.25) is 0 Å². The van der Waals surface area contributed by atoms with Crippen molar-refractivity contribution >= 4 is 11.7 Å². The van der Waals surface area contributed by atoms with Gasteiger partial charge in [0.1, 0.15) is 5.41 Å². The van der Waals surface area contributed by atoms with Crippen molar-refractivity contribution in [2.75, 3.05) is 26.4 Å². The van der Waals surface area contributed by atoms with E-state index in [0.29, 0.717) is 38.5 Å². The van der Waals surface area contributed by atoms with Gasteiger partial charge < -0.3 is 25.7 Å². The topological polar surface area (TPSA) is 106 Å². The minimum absolute atomic E-state index is 0.0333. The molecule has 2 aliphatic heterocycles. The number of nitrogens with zero attached hydrogens (tertiary/aromatic N) is 1. The first-order valence-electron chi connectivity index (χ1n) is 7.06. The van der Waals surface area contributed by atoms with Crippen LogP contribution in [0.1, 0.15) is 26.2 Å². The van der Waals surface area contributed by atoms with Crippen molar-refractivity contribution in [3.8, 4) is 0 Å². The minimum Gasteiger partial charge on any atom is -0.409 e. The monoisotopic (exact) mass is 285 g/mol. The third kappa shape index (κ3) is 2.88. The molecule has 2 aliphatic rings. The summed E-state index contributed by atoms with van der Waals surface area (Å²) in [5, 5.41) is 14.9. The Morgan fingerprint density at radius 1 is 1.45 bits per heavy atom. The molecule has 0 aliphatic carbocycles. The van der Waals surface area contributed by atoms with E-state index >= 15 is 0 Å². The van der Waals surface area contributed by atoms with Crippen molar-refractivity contribution in [3.05, 3.63) is 0 Å². The molecule has 0 bridgehead atoms. The highest BCUT2D eigenvalue weighted by Gasteiger charge is 2.44. The van der Waals surface area contributed by atoms with Gasteiger partial charge in [0.15, 0.2) is 5.84 Å². The van der Waals surface area contributed by atoms with Crippen LogP contribution in [0.25, 0.3) is 0 Å². The van der Waals surface area contributed by atoms with Gasteiger partial charge in [0.25, 0.3) is 0 Å². The molecule has 0 spiro atoms. The molecular weight excluding hydrogens is 262 g/mol. The summed E-state index contributed by atoms with van der Waals surface area (Å²) in [6.45, 7) is 4.18. The Hall–Kier alpha value is -1.34. The SMILES string of the molecule is CC1OCCC1CNC(=O)C1(C(N)=NO)CCOCC1. The number of amidine groups is 1. The molecule has 1 amide bonds. The molecule has 2 saturated heterocycles. The van der Waals surface area contributed by atoms with Crippen molar-refractivity contribution in [1.82, 2.24) is 5.32 Å².